The third-order valence-electron chi connectivity index (χ3n) is 2.56. The van der Waals surface area contributed by atoms with Gasteiger partial charge in [-0.2, -0.15) is 0 Å². The summed E-state index contributed by atoms with van der Waals surface area (Å²) in [5.41, 5.74) is 0. The third kappa shape index (κ3) is 5.14. The SMILES string of the molecule is CC(C)NC(=O)CCN1CCN[C@@H](C)C1. The van der Waals surface area contributed by atoms with Crippen LogP contribution in [0.3, 0.4) is 0 Å². The van der Waals surface area contributed by atoms with E-state index >= 15 is 0 Å². The molecule has 1 heterocycles. The molecule has 0 aliphatic carbocycles. The topological polar surface area (TPSA) is 44.4 Å². The summed E-state index contributed by atoms with van der Waals surface area (Å²) in [7, 11) is 0. The molecule has 1 aliphatic rings. The highest BCUT2D eigenvalue weighted by Crippen LogP contribution is 1.99. The standard InChI is InChI=1S/C11H23N3O/c1-9(2)13-11(15)4-6-14-7-5-12-10(3)8-14/h9-10,12H,4-8H2,1-3H3,(H,13,15)/t10-/m0/s1. The molecule has 1 aliphatic heterocycles. The minimum Gasteiger partial charge on any atom is -0.354 e. The molecule has 0 aromatic rings. The molecule has 2 N–H and O–H groups in total. The van der Waals surface area contributed by atoms with Gasteiger partial charge in [-0.1, -0.05) is 0 Å². The first-order valence-corrected chi connectivity index (χ1v) is 5.83. The highest BCUT2D eigenvalue weighted by Gasteiger charge is 2.15. The van der Waals surface area contributed by atoms with E-state index in [0.717, 1.165) is 26.2 Å². The fourth-order valence-electron chi connectivity index (χ4n) is 1.87. The summed E-state index contributed by atoms with van der Waals surface area (Å²) in [6, 6.07) is 0.798. The van der Waals surface area contributed by atoms with Crippen molar-refractivity contribution in [2.75, 3.05) is 26.2 Å². The van der Waals surface area contributed by atoms with Crippen molar-refractivity contribution in [3.8, 4) is 0 Å². The Morgan fingerprint density at radius 2 is 2.33 bits per heavy atom. The number of carbonyl (C=O) groups excluding carboxylic acids is 1. The number of carbonyl (C=O) groups is 1. The monoisotopic (exact) mass is 213 g/mol. The fourth-order valence-corrected chi connectivity index (χ4v) is 1.87. The maximum absolute atomic E-state index is 11.4. The summed E-state index contributed by atoms with van der Waals surface area (Å²) in [4.78, 5) is 13.8. The minimum atomic E-state index is 0.163. The van der Waals surface area contributed by atoms with Crippen molar-refractivity contribution in [2.45, 2.75) is 39.3 Å². The maximum Gasteiger partial charge on any atom is 0.221 e. The molecule has 88 valence electrons. The summed E-state index contributed by atoms with van der Waals surface area (Å²) in [5, 5.41) is 6.30. The smallest absolute Gasteiger partial charge is 0.221 e. The molecular weight excluding hydrogens is 190 g/mol. The molecule has 0 radical (unpaired) electrons. The first-order valence-electron chi connectivity index (χ1n) is 5.83. The van der Waals surface area contributed by atoms with E-state index in [-0.39, 0.29) is 11.9 Å². The average molecular weight is 213 g/mol. The third-order valence-corrected chi connectivity index (χ3v) is 2.56. The number of hydrogen-bond acceptors (Lipinski definition) is 3. The van der Waals surface area contributed by atoms with Gasteiger partial charge in [-0.15, -0.1) is 0 Å². The lowest BCUT2D eigenvalue weighted by molar-refractivity contribution is -0.121. The Balaban J connectivity index is 2.16. The highest BCUT2D eigenvalue weighted by molar-refractivity contribution is 5.76. The molecular formula is C11H23N3O. The zero-order valence-electron chi connectivity index (χ0n) is 10.0. The fraction of sp³-hybridized carbons (Fsp3) is 0.909. The van der Waals surface area contributed by atoms with Crippen molar-refractivity contribution in [1.29, 1.82) is 0 Å². The molecule has 0 aromatic heterocycles. The predicted octanol–water partition coefficient (Wildman–Crippen LogP) is 0.195. The van der Waals surface area contributed by atoms with E-state index in [2.05, 4.69) is 22.5 Å². The Labute approximate surface area is 92.4 Å². The van der Waals surface area contributed by atoms with E-state index in [9.17, 15) is 4.79 Å². The largest absolute Gasteiger partial charge is 0.354 e. The number of nitrogens with one attached hydrogen (secondary N) is 2. The van der Waals surface area contributed by atoms with Crippen LogP contribution in [0.2, 0.25) is 0 Å². The van der Waals surface area contributed by atoms with Crippen LogP contribution in [0.5, 0.6) is 0 Å². The molecule has 4 heteroatoms. The first-order chi connectivity index (χ1) is 7.08. The van der Waals surface area contributed by atoms with Crippen LogP contribution in [0.25, 0.3) is 0 Å². The van der Waals surface area contributed by atoms with E-state index in [1.807, 2.05) is 13.8 Å². The molecule has 1 saturated heterocycles. The Kier molecular flexibility index (Phi) is 5.05. The molecule has 1 amide bonds. The summed E-state index contributed by atoms with van der Waals surface area (Å²) in [6.07, 6.45) is 0.616. The van der Waals surface area contributed by atoms with Gasteiger partial charge in [0, 0.05) is 44.7 Å². The Bertz CT molecular complexity index is 206. The summed E-state index contributed by atoms with van der Waals surface area (Å²) in [5.74, 6) is 0.163. The molecule has 1 fully saturated rings. The lowest BCUT2D eigenvalue weighted by Crippen LogP contribution is -2.50. The average Bonchev–Trinajstić information content (AvgIpc) is 2.14. The summed E-state index contributed by atoms with van der Waals surface area (Å²) >= 11 is 0. The van der Waals surface area contributed by atoms with Gasteiger partial charge in [0.25, 0.3) is 0 Å². The summed E-state index contributed by atoms with van der Waals surface area (Å²) < 4.78 is 0. The molecule has 1 rings (SSSR count). The van der Waals surface area contributed by atoms with E-state index in [1.165, 1.54) is 0 Å². The Morgan fingerprint density at radius 3 is 2.93 bits per heavy atom. The van der Waals surface area contributed by atoms with Crippen LogP contribution in [0, 0.1) is 0 Å². The second-order valence-electron chi connectivity index (χ2n) is 4.63. The van der Waals surface area contributed by atoms with Crippen LogP contribution in [-0.4, -0.2) is 49.1 Å². The van der Waals surface area contributed by atoms with Gasteiger partial charge >= 0.3 is 0 Å². The lowest BCUT2D eigenvalue weighted by atomic mass is 10.2. The van der Waals surface area contributed by atoms with E-state index < -0.39 is 0 Å². The molecule has 0 saturated carbocycles. The molecule has 1 atom stereocenters. The van der Waals surface area contributed by atoms with Crippen molar-refractivity contribution in [2.24, 2.45) is 0 Å². The van der Waals surface area contributed by atoms with Gasteiger partial charge in [-0.3, -0.25) is 4.79 Å². The van der Waals surface area contributed by atoms with E-state index in [0.29, 0.717) is 12.5 Å². The van der Waals surface area contributed by atoms with Gasteiger partial charge < -0.3 is 15.5 Å². The highest BCUT2D eigenvalue weighted by atomic mass is 16.1. The molecule has 0 unspecified atom stereocenters. The van der Waals surface area contributed by atoms with Crippen LogP contribution >= 0.6 is 0 Å². The summed E-state index contributed by atoms with van der Waals surface area (Å²) in [6.45, 7) is 10.2. The Morgan fingerprint density at radius 1 is 1.60 bits per heavy atom. The van der Waals surface area contributed by atoms with Gasteiger partial charge in [0.15, 0.2) is 0 Å². The molecule has 0 aromatic carbocycles. The van der Waals surface area contributed by atoms with Crippen molar-refractivity contribution >= 4 is 5.91 Å². The normalized spacial score (nSPS) is 23.1. The zero-order chi connectivity index (χ0) is 11.3. The molecule has 15 heavy (non-hydrogen) atoms. The van der Waals surface area contributed by atoms with Gasteiger partial charge in [0.1, 0.15) is 0 Å². The predicted molar refractivity (Wildman–Crippen MR) is 61.8 cm³/mol. The van der Waals surface area contributed by atoms with Crippen LogP contribution in [0.4, 0.5) is 0 Å². The van der Waals surface area contributed by atoms with E-state index in [4.69, 9.17) is 0 Å². The Hall–Kier alpha value is -0.610. The number of amides is 1. The number of piperazine rings is 1. The lowest BCUT2D eigenvalue weighted by Gasteiger charge is -2.31. The van der Waals surface area contributed by atoms with Gasteiger partial charge in [0.2, 0.25) is 5.91 Å². The zero-order valence-corrected chi connectivity index (χ0v) is 10.0. The molecule has 0 spiro atoms. The molecule has 4 nitrogen and oxygen atoms in total. The minimum absolute atomic E-state index is 0.163. The molecule has 0 bridgehead atoms. The van der Waals surface area contributed by atoms with Crippen LogP contribution in [0.1, 0.15) is 27.2 Å². The van der Waals surface area contributed by atoms with Gasteiger partial charge in [-0.25, -0.2) is 0 Å². The van der Waals surface area contributed by atoms with Crippen molar-refractivity contribution < 1.29 is 4.79 Å². The van der Waals surface area contributed by atoms with Crippen molar-refractivity contribution in [1.82, 2.24) is 15.5 Å². The number of hydrogen-bond donors (Lipinski definition) is 2. The quantitative estimate of drug-likeness (QED) is 0.701. The number of nitrogens with zero attached hydrogens (tertiary/aromatic N) is 1. The second-order valence-corrected chi connectivity index (χ2v) is 4.63. The van der Waals surface area contributed by atoms with Gasteiger partial charge in [0.05, 0.1) is 0 Å². The van der Waals surface area contributed by atoms with Crippen LogP contribution in [-0.2, 0) is 4.79 Å². The van der Waals surface area contributed by atoms with Crippen LogP contribution < -0.4 is 10.6 Å². The van der Waals surface area contributed by atoms with E-state index in [1.54, 1.807) is 0 Å². The first kappa shape index (κ1) is 12.5. The maximum atomic E-state index is 11.4. The van der Waals surface area contributed by atoms with Crippen LogP contribution in [0.15, 0.2) is 0 Å². The number of rotatable bonds is 4. The van der Waals surface area contributed by atoms with Crippen molar-refractivity contribution in [3.05, 3.63) is 0 Å². The van der Waals surface area contributed by atoms with Gasteiger partial charge in [-0.05, 0) is 20.8 Å². The second kappa shape index (κ2) is 6.08. The van der Waals surface area contributed by atoms with Crippen molar-refractivity contribution in [3.63, 3.8) is 0 Å².